The summed E-state index contributed by atoms with van der Waals surface area (Å²) in [6, 6.07) is 2.30. The van der Waals surface area contributed by atoms with Crippen LogP contribution in [0.5, 0.6) is 0 Å². The first-order chi connectivity index (χ1) is 14.9. The fraction of sp³-hybridized carbons (Fsp3) is 0.652. The maximum atomic E-state index is 13.6. The van der Waals surface area contributed by atoms with E-state index in [2.05, 4.69) is 16.0 Å². The molecule has 1 aliphatic rings. The largest absolute Gasteiger partial charge is 0.390 e. The number of nitrogens with one attached hydrogen (secondary N) is 3. The Kier molecular flexibility index (Phi) is 9.12. The Balaban J connectivity index is 2.10. The number of aliphatic hydroxyl groups is 1. The van der Waals surface area contributed by atoms with Crippen LogP contribution >= 0.6 is 0 Å². The Bertz CT molecular complexity index is 772. The molecule has 0 bridgehead atoms. The van der Waals surface area contributed by atoms with Crippen molar-refractivity contribution in [3.05, 3.63) is 35.4 Å². The number of hydrogen-bond donors (Lipinski definition) is 4. The minimum absolute atomic E-state index is 0.00564. The molecule has 1 fully saturated rings. The molecule has 9 heteroatoms. The van der Waals surface area contributed by atoms with Crippen molar-refractivity contribution in [2.75, 3.05) is 26.3 Å². The zero-order valence-electron chi connectivity index (χ0n) is 19.3. The highest BCUT2D eigenvalue weighted by Crippen LogP contribution is 2.22. The number of ether oxygens (including phenoxy) is 1. The van der Waals surface area contributed by atoms with E-state index in [0.29, 0.717) is 38.2 Å². The highest BCUT2D eigenvalue weighted by atomic mass is 19.1. The minimum atomic E-state index is -1.10. The molecule has 4 N–H and O–H groups in total. The Hall–Kier alpha value is -2.10. The summed E-state index contributed by atoms with van der Waals surface area (Å²) >= 11 is 0. The lowest BCUT2D eigenvalue weighted by atomic mass is 9.87. The lowest BCUT2D eigenvalue weighted by molar-refractivity contribution is -0.132. The topological polar surface area (TPSA) is 99.7 Å². The van der Waals surface area contributed by atoms with Crippen LogP contribution in [0, 0.1) is 17.0 Å². The molecule has 0 aromatic heterocycles. The molecule has 2 atom stereocenters. The van der Waals surface area contributed by atoms with Crippen molar-refractivity contribution in [1.82, 2.24) is 16.0 Å². The molecule has 0 aliphatic carbocycles. The standard InChI is InChI=1S/C23H35F2N3O4/c1-15(29)28-19(11-16-9-17(24)12-18(25)10-16)20(30)13-27-23(5-7-32-8-6-23)21(31)26-14-22(2,3)4/h9-10,12,19-20,27,30H,5-8,11,13-14H2,1-4H3,(H,26,31)(H,28,29)/t19-,20+/m0/s1. The fourth-order valence-corrected chi connectivity index (χ4v) is 3.69. The van der Waals surface area contributed by atoms with Crippen LogP contribution in [-0.2, 0) is 20.7 Å². The van der Waals surface area contributed by atoms with Gasteiger partial charge in [0.05, 0.1) is 12.1 Å². The third-order valence-electron chi connectivity index (χ3n) is 5.44. The lowest BCUT2D eigenvalue weighted by Gasteiger charge is -2.38. The molecule has 1 aromatic rings. The van der Waals surface area contributed by atoms with Gasteiger partial charge >= 0.3 is 0 Å². The van der Waals surface area contributed by atoms with Gasteiger partial charge in [-0.3, -0.25) is 9.59 Å². The van der Waals surface area contributed by atoms with Gasteiger partial charge in [-0.15, -0.1) is 0 Å². The molecular weight excluding hydrogens is 420 g/mol. The first-order valence-electron chi connectivity index (χ1n) is 10.9. The van der Waals surface area contributed by atoms with Gasteiger partial charge in [0, 0.05) is 39.3 Å². The van der Waals surface area contributed by atoms with Crippen LogP contribution in [0.25, 0.3) is 0 Å². The molecule has 1 aliphatic heterocycles. The van der Waals surface area contributed by atoms with Gasteiger partial charge in [-0.05, 0) is 42.4 Å². The summed E-state index contributed by atoms with van der Waals surface area (Å²) in [5, 5.41) is 19.6. The summed E-state index contributed by atoms with van der Waals surface area (Å²) in [5.41, 5.74) is -0.682. The third-order valence-corrected chi connectivity index (χ3v) is 5.44. The number of carbonyl (C=O) groups is 2. The van der Waals surface area contributed by atoms with E-state index < -0.39 is 29.3 Å². The number of halogens is 2. The average Bonchev–Trinajstić information content (AvgIpc) is 2.68. The number of aliphatic hydroxyl groups excluding tert-OH is 1. The van der Waals surface area contributed by atoms with Gasteiger partial charge in [-0.2, -0.15) is 0 Å². The second kappa shape index (κ2) is 11.2. The molecule has 7 nitrogen and oxygen atoms in total. The van der Waals surface area contributed by atoms with Gasteiger partial charge in [-0.1, -0.05) is 20.8 Å². The number of hydrogen-bond acceptors (Lipinski definition) is 5. The number of benzene rings is 1. The van der Waals surface area contributed by atoms with Crippen LogP contribution in [0.1, 0.15) is 46.1 Å². The van der Waals surface area contributed by atoms with Gasteiger partial charge in [0.1, 0.15) is 17.2 Å². The molecule has 2 amide bonds. The summed E-state index contributed by atoms with van der Waals surface area (Å²) < 4.78 is 32.6. The molecular formula is C23H35F2N3O4. The second-order valence-electron chi connectivity index (χ2n) is 9.67. The molecule has 0 radical (unpaired) electrons. The molecule has 0 saturated carbocycles. The van der Waals surface area contributed by atoms with Crippen molar-refractivity contribution in [3.63, 3.8) is 0 Å². The SMILES string of the molecule is CC(=O)N[C@@H](Cc1cc(F)cc(F)c1)[C@H](O)CNC1(C(=O)NCC(C)(C)C)CCOCC1. The number of β-amino-alcohol motifs (C(OH)–C–C–N with tert-alkyl or cyclic N) is 1. The Morgan fingerprint density at radius 1 is 1.16 bits per heavy atom. The van der Waals surface area contributed by atoms with Gasteiger partial charge in [-0.25, -0.2) is 8.78 Å². The van der Waals surface area contributed by atoms with Crippen molar-refractivity contribution in [3.8, 4) is 0 Å². The lowest BCUT2D eigenvalue weighted by Crippen LogP contribution is -2.62. The quantitative estimate of drug-likeness (QED) is 0.454. The second-order valence-corrected chi connectivity index (χ2v) is 9.67. The van der Waals surface area contributed by atoms with Crippen LogP contribution in [0.2, 0.25) is 0 Å². The summed E-state index contributed by atoms with van der Waals surface area (Å²) in [4.78, 5) is 24.7. The molecule has 2 rings (SSSR count). The van der Waals surface area contributed by atoms with Crippen molar-refractivity contribution in [1.29, 1.82) is 0 Å². The zero-order chi connectivity index (χ0) is 23.9. The fourth-order valence-electron chi connectivity index (χ4n) is 3.69. The highest BCUT2D eigenvalue weighted by Gasteiger charge is 2.40. The third kappa shape index (κ3) is 8.11. The average molecular weight is 456 g/mol. The van der Waals surface area contributed by atoms with E-state index >= 15 is 0 Å². The van der Waals surface area contributed by atoms with Crippen LogP contribution in [0.3, 0.4) is 0 Å². The first-order valence-corrected chi connectivity index (χ1v) is 10.9. The van der Waals surface area contributed by atoms with Crippen molar-refractivity contribution in [2.45, 2.75) is 64.6 Å². The maximum Gasteiger partial charge on any atom is 0.240 e. The molecule has 0 unspecified atom stereocenters. The zero-order valence-corrected chi connectivity index (χ0v) is 19.3. The van der Waals surface area contributed by atoms with Crippen LogP contribution < -0.4 is 16.0 Å². The number of rotatable bonds is 9. The van der Waals surface area contributed by atoms with E-state index in [1.54, 1.807) is 0 Å². The number of carbonyl (C=O) groups excluding carboxylic acids is 2. The summed E-state index contributed by atoms with van der Waals surface area (Å²) in [6.45, 7) is 8.69. The monoisotopic (exact) mass is 455 g/mol. The molecule has 1 aromatic carbocycles. The minimum Gasteiger partial charge on any atom is -0.390 e. The van der Waals surface area contributed by atoms with E-state index in [9.17, 15) is 23.5 Å². The normalized spacial score (nSPS) is 18.0. The highest BCUT2D eigenvalue weighted by molar-refractivity contribution is 5.86. The predicted octanol–water partition coefficient (Wildman–Crippen LogP) is 1.67. The smallest absolute Gasteiger partial charge is 0.240 e. The van der Waals surface area contributed by atoms with Gasteiger partial charge in [0.25, 0.3) is 0 Å². The van der Waals surface area contributed by atoms with Gasteiger partial charge in [0.15, 0.2) is 0 Å². The molecule has 180 valence electrons. The molecule has 1 saturated heterocycles. The predicted molar refractivity (Wildman–Crippen MR) is 117 cm³/mol. The Morgan fingerprint density at radius 3 is 2.28 bits per heavy atom. The van der Waals surface area contributed by atoms with E-state index in [4.69, 9.17) is 4.74 Å². The van der Waals surface area contributed by atoms with Crippen LogP contribution in [-0.4, -0.2) is 60.9 Å². The van der Waals surface area contributed by atoms with Gasteiger partial charge in [0.2, 0.25) is 11.8 Å². The summed E-state index contributed by atoms with van der Waals surface area (Å²) in [5.74, 6) is -2.00. The van der Waals surface area contributed by atoms with Crippen molar-refractivity contribution >= 4 is 11.8 Å². The van der Waals surface area contributed by atoms with Gasteiger partial charge < -0.3 is 25.8 Å². The van der Waals surface area contributed by atoms with E-state index in [0.717, 1.165) is 18.2 Å². The van der Waals surface area contributed by atoms with Crippen LogP contribution in [0.15, 0.2) is 18.2 Å². The Morgan fingerprint density at radius 2 is 1.75 bits per heavy atom. The maximum absolute atomic E-state index is 13.6. The molecule has 32 heavy (non-hydrogen) atoms. The van der Waals surface area contributed by atoms with Crippen LogP contribution in [0.4, 0.5) is 8.78 Å². The van der Waals surface area contributed by atoms with E-state index in [1.807, 2.05) is 20.8 Å². The van der Waals surface area contributed by atoms with Crippen molar-refractivity contribution < 1.29 is 28.2 Å². The first kappa shape index (κ1) is 26.2. The summed E-state index contributed by atoms with van der Waals surface area (Å²) in [6.07, 6.45) is -0.186. The summed E-state index contributed by atoms with van der Waals surface area (Å²) in [7, 11) is 0. The van der Waals surface area contributed by atoms with E-state index in [1.165, 1.54) is 6.92 Å². The molecule has 1 heterocycles. The van der Waals surface area contributed by atoms with E-state index in [-0.39, 0.29) is 30.2 Å². The van der Waals surface area contributed by atoms with Crippen molar-refractivity contribution in [2.24, 2.45) is 5.41 Å². The number of amides is 2. The Labute approximate surface area is 188 Å². The molecule has 0 spiro atoms.